The van der Waals surface area contributed by atoms with Crippen molar-refractivity contribution in [2.75, 3.05) is 5.32 Å². The summed E-state index contributed by atoms with van der Waals surface area (Å²) >= 11 is 5.94. The van der Waals surface area contributed by atoms with Crippen molar-refractivity contribution in [1.82, 2.24) is 9.78 Å². The number of carbonyl (C=O) groups is 1. The number of hydrogen-bond acceptors (Lipinski definition) is 2. The summed E-state index contributed by atoms with van der Waals surface area (Å²) in [6, 6.07) is 9.03. The zero-order valence-electron chi connectivity index (χ0n) is 9.85. The lowest BCUT2D eigenvalue weighted by molar-refractivity contribution is -0.111. The molecular formula is C13H12ClN3O. The van der Waals surface area contributed by atoms with Crippen LogP contribution in [0, 0.1) is 6.92 Å². The van der Waals surface area contributed by atoms with Crippen LogP contribution in [0.2, 0.25) is 5.02 Å². The van der Waals surface area contributed by atoms with E-state index in [9.17, 15) is 4.79 Å². The maximum Gasteiger partial charge on any atom is 0.248 e. The van der Waals surface area contributed by atoms with E-state index in [0.29, 0.717) is 10.8 Å². The molecule has 0 radical (unpaired) electrons. The van der Waals surface area contributed by atoms with Crippen molar-refractivity contribution in [1.29, 1.82) is 0 Å². The third-order valence-corrected chi connectivity index (χ3v) is 2.56. The van der Waals surface area contributed by atoms with Gasteiger partial charge in [-0.15, -0.1) is 0 Å². The largest absolute Gasteiger partial charge is 0.307 e. The van der Waals surface area contributed by atoms with Crippen molar-refractivity contribution < 1.29 is 4.79 Å². The van der Waals surface area contributed by atoms with E-state index in [1.165, 1.54) is 6.08 Å². The van der Waals surface area contributed by atoms with Crippen LogP contribution < -0.4 is 5.32 Å². The number of halogens is 1. The van der Waals surface area contributed by atoms with E-state index < -0.39 is 0 Å². The molecule has 2 aromatic rings. The molecule has 2 rings (SSSR count). The van der Waals surface area contributed by atoms with Crippen LogP contribution in [0.1, 0.15) is 5.69 Å². The van der Waals surface area contributed by atoms with Crippen molar-refractivity contribution in [3.63, 3.8) is 0 Å². The number of benzene rings is 1. The minimum absolute atomic E-state index is 0.279. The Balaban J connectivity index is 2.44. The molecule has 92 valence electrons. The summed E-state index contributed by atoms with van der Waals surface area (Å²) in [5.74, 6) is 0.304. The summed E-state index contributed by atoms with van der Waals surface area (Å²) in [6.45, 7) is 5.27. The van der Waals surface area contributed by atoms with Crippen LogP contribution >= 0.6 is 11.6 Å². The van der Waals surface area contributed by atoms with Crippen molar-refractivity contribution >= 4 is 23.3 Å². The standard InChI is InChI=1S/C13H12ClN3O/c1-3-13(18)15-12-7-9(2)16-17(12)11-6-4-5-10(14)8-11/h3-8H,1H2,2H3,(H,15,18). The minimum Gasteiger partial charge on any atom is -0.307 e. The molecule has 0 bridgehead atoms. The minimum atomic E-state index is -0.279. The molecule has 1 aromatic heterocycles. The normalized spacial score (nSPS) is 10.1. The number of rotatable bonds is 3. The first-order valence-electron chi connectivity index (χ1n) is 5.36. The highest BCUT2D eigenvalue weighted by molar-refractivity contribution is 6.30. The van der Waals surface area contributed by atoms with E-state index in [4.69, 9.17) is 11.6 Å². The van der Waals surface area contributed by atoms with Gasteiger partial charge in [-0.3, -0.25) is 4.79 Å². The summed E-state index contributed by atoms with van der Waals surface area (Å²) in [7, 11) is 0. The van der Waals surface area contributed by atoms with Crippen LogP contribution in [0.3, 0.4) is 0 Å². The number of amides is 1. The smallest absolute Gasteiger partial charge is 0.248 e. The van der Waals surface area contributed by atoms with Crippen LogP contribution in [-0.4, -0.2) is 15.7 Å². The Morgan fingerprint density at radius 1 is 1.50 bits per heavy atom. The van der Waals surface area contributed by atoms with Crippen molar-refractivity contribution in [2.24, 2.45) is 0 Å². The average Bonchev–Trinajstić information content (AvgIpc) is 2.70. The molecule has 0 atom stereocenters. The number of nitrogens with one attached hydrogen (secondary N) is 1. The fourth-order valence-corrected chi connectivity index (χ4v) is 1.75. The highest BCUT2D eigenvalue weighted by atomic mass is 35.5. The quantitative estimate of drug-likeness (QED) is 0.864. The van der Waals surface area contributed by atoms with Gasteiger partial charge in [-0.25, -0.2) is 4.68 Å². The number of carbonyl (C=O) groups excluding carboxylic acids is 1. The first-order chi connectivity index (χ1) is 8.60. The van der Waals surface area contributed by atoms with E-state index in [1.807, 2.05) is 19.1 Å². The lowest BCUT2D eigenvalue weighted by Crippen LogP contribution is -2.11. The molecule has 4 nitrogen and oxygen atoms in total. The molecule has 1 aromatic carbocycles. The maximum absolute atomic E-state index is 11.3. The van der Waals surface area contributed by atoms with Gasteiger partial charge in [0.2, 0.25) is 5.91 Å². The van der Waals surface area contributed by atoms with Gasteiger partial charge in [0.15, 0.2) is 0 Å². The molecule has 0 saturated heterocycles. The Morgan fingerprint density at radius 3 is 2.94 bits per heavy atom. The Kier molecular flexibility index (Phi) is 3.48. The number of hydrogen-bond donors (Lipinski definition) is 1. The first kappa shape index (κ1) is 12.4. The van der Waals surface area contributed by atoms with Crippen LogP contribution in [0.15, 0.2) is 43.0 Å². The molecule has 1 heterocycles. The second kappa shape index (κ2) is 5.06. The molecule has 1 N–H and O–H groups in total. The predicted molar refractivity (Wildman–Crippen MR) is 72.1 cm³/mol. The molecular weight excluding hydrogens is 250 g/mol. The first-order valence-corrected chi connectivity index (χ1v) is 5.74. The van der Waals surface area contributed by atoms with Gasteiger partial charge in [0.1, 0.15) is 5.82 Å². The van der Waals surface area contributed by atoms with Gasteiger partial charge in [-0.2, -0.15) is 5.10 Å². The second-order valence-electron chi connectivity index (χ2n) is 3.76. The van der Waals surface area contributed by atoms with E-state index in [1.54, 1.807) is 22.9 Å². The average molecular weight is 262 g/mol. The van der Waals surface area contributed by atoms with E-state index >= 15 is 0 Å². The fraction of sp³-hybridized carbons (Fsp3) is 0.0769. The maximum atomic E-state index is 11.3. The van der Waals surface area contributed by atoms with Gasteiger partial charge >= 0.3 is 0 Å². The molecule has 0 spiro atoms. The van der Waals surface area contributed by atoms with Crippen molar-refractivity contribution in [3.05, 3.63) is 53.7 Å². The fourth-order valence-electron chi connectivity index (χ4n) is 1.57. The summed E-state index contributed by atoms with van der Waals surface area (Å²) in [4.78, 5) is 11.3. The molecule has 0 fully saturated rings. The van der Waals surface area contributed by atoms with Crippen molar-refractivity contribution in [2.45, 2.75) is 6.92 Å². The molecule has 1 amide bonds. The molecule has 0 aliphatic heterocycles. The molecule has 18 heavy (non-hydrogen) atoms. The summed E-state index contributed by atoms with van der Waals surface area (Å²) < 4.78 is 1.63. The summed E-state index contributed by atoms with van der Waals surface area (Å²) in [5.41, 5.74) is 1.59. The van der Waals surface area contributed by atoms with Gasteiger partial charge in [0.05, 0.1) is 11.4 Å². The summed E-state index contributed by atoms with van der Waals surface area (Å²) in [6.07, 6.45) is 1.21. The highest BCUT2D eigenvalue weighted by Crippen LogP contribution is 2.20. The number of nitrogens with zero attached hydrogens (tertiary/aromatic N) is 2. The van der Waals surface area contributed by atoms with Crippen LogP contribution in [0.5, 0.6) is 0 Å². The Morgan fingerprint density at radius 2 is 2.28 bits per heavy atom. The lowest BCUT2D eigenvalue weighted by atomic mass is 10.3. The molecule has 0 aliphatic rings. The third kappa shape index (κ3) is 2.60. The Bertz CT molecular complexity index is 604. The van der Waals surface area contributed by atoms with Crippen molar-refractivity contribution in [3.8, 4) is 5.69 Å². The number of aromatic nitrogens is 2. The Hall–Kier alpha value is -2.07. The summed E-state index contributed by atoms with van der Waals surface area (Å²) in [5, 5.41) is 7.63. The van der Waals surface area contributed by atoms with E-state index in [0.717, 1.165) is 11.4 Å². The zero-order valence-corrected chi connectivity index (χ0v) is 10.6. The number of aryl methyl sites for hydroxylation is 1. The topological polar surface area (TPSA) is 46.9 Å². The molecule has 0 unspecified atom stereocenters. The third-order valence-electron chi connectivity index (χ3n) is 2.32. The second-order valence-corrected chi connectivity index (χ2v) is 4.19. The Labute approximate surface area is 110 Å². The molecule has 5 heteroatoms. The van der Waals surface area contributed by atoms with Gasteiger partial charge in [-0.1, -0.05) is 24.2 Å². The van der Waals surface area contributed by atoms with E-state index in [-0.39, 0.29) is 5.91 Å². The van der Waals surface area contributed by atoms with Gasteiger partial charge in [0.25, 0.3) is 0 Å². The lowest BCUT2D eigenvalue weighted by Gasteiger charge is -2.07. The van der Waals surface area contributed by atoms with Crippen LogP contribution in [-0.2, 0) is 4.79 Å². The van der Waals surface area contributed by atoms with Crippen LogP contribution in [0.25, 0.3) is 5.69 Å². The van der Waals surface area contributed by atoms with Gasteiger partial charge < -0.3 is 5.32 Å². The zero-order chi connectivity index (χ0) is 13.1. The molecule has 0 aliphatic carbocycles. The number of anilines is 1. The highest BCUT2D eigenvalue weighted by Gasteiger charge is 2.09. The SMILES string of the molecule is C=CC(=O)Nc1cc(C)nn1-c1cccc(Cl)c1. The van der Waals surface area contributed by atoms with Gasteiger partial charge in [0, 0.05) is 11.1 Å². The predicted octanol–water partition coefficient (Wildman–Crippen LogP) is 2.96. The van der Waals surface area contributed by atoms with Crippen LogP contribution in [0.4, 0.5) is 5.82 Å². The van der Waals surface area contributed by atoms with E-state index in [2.05, 4.69) is 17.0 Å². The monoisotopic (exact) mass is 261 g/mol. The van der Waals surface area contributed by atoms with Gasteiger partial charge in [-0.05, 0) is 31.2 Å². The molecule has 0 saturated carbocycles.